The molecule has 0 heterocycles. The van der Waals surface area contributed by atoms with E-state index in [-0.39, 0.29) is 6.61 Å². The second kappa shape index (κ2) is 5.43. The van der Waals surface area contributed by atoms with Gasteiger partial charge in [0.05, 0.1) is 6.61 Å². The Labute approximate surface area is 78.3 Å². The van der Waals surface area contributed by atoms with Gasteiger partial charge in [-0.3, -0.25) is 0 Å². The van der Waals surface area contributed by atoms with Gasteiger partial charge in [-0.1, -0.05) is 0 Å². The van der Waals surface area contributed by atoms with E-state index in [4.69, 9.17) is 9.84 Å². The number of ether oxygens (including phenoxy) is 1. The third kappa shape index (κ3) is 3.34. The number of benzene rings is 1. The molecule has 0 atom stereocenters. The van der Waals surface area contributed by atoms with Crippen molar-refractivity contribution in [1.82, 2.24) is 0 Å². The van der Waals surface area contributed by atoms with Crippen molar-refractivity contribution in [3.8, 4) is 5.75 Å². The van der Waals surface area contributed by atoms with Gasteiger partial charge in [0.2, 0.25) is 0 Å². The van der Waals surface area contributed by atoms with Crippen LogP contribution in [0.3, 0.4) is 0 Å². The maximum Gasteiger partial charge on any atom is 0.119 e. The van der Waals surface area contributed by atoms with Gasteiger partial charge < -0.3 is 15.2 Å². The Morgan fingerprint density at radius 2 is 2.00 bits per heavy atom. The van der Waals surface area contributed by atoms with Crippen molar-refractivity contribution in [3.05, 3.63) is 24.3 Å². The highest BCUT2D eigenvalue weighted by Crippen LogP contribution is 2.14. The average Bonchev–Trinajstić information content (AvgIpc) is 2.19. The van der Waals surface area contributed by atoms with Gasteiger partial charge in [-0.15, -0.1) is 0 Å². The molecule has 0 amide bonds. The summed E-state index contributed by atoms with van der Waals surface area (Å²) in [5, 5.41) is 11.6. The highest BCUT2D eigenvalue weighted by atomic mass is 16.5. The van der Waals surface area contributed by atoms with E-state index in [1.807, 2.05) is 31.3 Å². The van der Waals surface area contributed by atoms with Crippen molar-refractivity contribution in [2.24, 2.45) is 0 Å². The van der Waals surface area contributed by atoms with Crippen LogP contribution >= 0.6 is 0 Å². The summed E-state index contributed by atoms with van der Waals surface area (Å²) in [5.74, 6) is 0.840. The molecule has 0 unspecified atom stereocenters. The third-order valence-corrected chi connectivity index (χ3v) is 1.71. The second-order valence-corrected chi connectivity index (χ2v) is 2.70. The van der Waals surface area contributed by atoms with Crippen LogP contribution in [0.5, 0.6) is 5.75 Å². The van der Waals surface area contributed by atoms with Crippen LogP contribution in [0, 0.1) is 0 Å². The van der Waals surface area contributed by atoms with Gasteiger partial charge in [-0.2, -0.15) is 0 Å². The monoisotopic (exact) mass is 181 g/mol. The van der Waals surface area contributed by atoms with Gasteiger partial charge in [0.1, 0.15) is 5.75 Å². The predicted molar refractivity (Wildman–Crippen MR) is 53.2 cm³/mol. The maximum absolute atomic E-state index is 8.54. The maximum atomic E-state index is 8.54. The van der Waals surface area contributed by atoms with Crippen LogP contribution in [0.25, 0.3) is 0 Å². The zero-order valence-electron chi connectivity index (χ0n) is 7.79. The van der Waals surface area contributed by atoms with Crippen molar-refractivity contribution in [2.75, 3.05) is 25.6 Å². The molecule has 0 spiro atoms. The van der Waals surface area contributed by atoms with E-state index in [1.54, 1.807) is 0 Å². The number of hydrogen-bond donors (Lipinski definition) is 2. The van der Waals surface area contributed by atoms with E-state index < -0.39 is 0 Å². The lowest BCUT2D eigenvalue weighted by Crippen LogP contribution is -1.99. The largest absolute Gasteiger partial charge is 0.494 e. The third-order valence-electron chi connectivity index (χ3n) is 1.71. The summed E-state index contributed by atoms with van der Waals surface area (Å²) in [6.45, 7) is 0.740. The molecule has 0 aliphatic heterocycles. The summed E-state index contributed by atoms with van der Waals surface area (Å²) in [4.78, 5) is 0. The molecule has 0 saturated heterocycles. The smallest absolute Gasteiger partial charge is 0.119 e. The van der Waals surface area contributed by atoms with Crippen molar-refractivity contribution in [1.29, 1.82) is 0 Å². The van der Waals surface area contributed by atoms with Gasteiger partial charge in [0.15, 0.2) is 0 Å². The lowest BCUT2D eigenvalue weighted by molar-refractivity contribution is 0.233. The van der Waals surface area contributed by atoms with Crippen molar-refractivity contribution < 1.29 is 9.84 Å². The molecule has 3 heteroatoms. The Kier molecular flexibility index (Phi) is 4.12. The zero-order chi connectivity index (χ0) is 9.52. The van der Waals surface area contributed by atoms with Crippen LogP contribution in [-0.4, -0.2) is 25.4 Å². The van der Waals surface area contributed by atoms with E-state index >= 15 is 0 Å². The van der Waals surface area contributed by atoms with E-state index in [9.17, 15) is 0 Å². The minimum Gasteiger partial charge on any atom is -0.494 e. The van der Waals surface area contributed by atoms with E-state index in [0.717, 1.165) is 11.4 Å². The topological polar surface area (TPSA) is 41.5 Å². The van der Waals surface area contributed by atoms with Crippen molar-refractivity contribution in [2.45, 2.75) is 6.42 Å². The number of nitrogens with one attached hydrogen (secondary N) is 1. The Morgan fingerprint density at radius 1 is 1.31 bits per heavy atom. The van der Waals surface area contributed by atoms with Crippen LogP contribution in [0.2, 0.25) is 0 Å². The molecule has 0 bridgehead atoms. The van der Waals surface area contributed by atoms with Crippen LogP contribution in [0.1, 0.15) is 6.42 Å². The fourth-order valence-corrected chi connectivity index (χ4v) is 0.972. The summed E-state index contributed by atoms with van der Waals surface area (Å²) >= 11 is 0. The molecule has 1 rings (SSSR count). The average molecular weight is 181 g/mol. The highest BCUT2D eigenvalue weighted by Gasteiger charge is 1.92. The molecular formula is C10H15NO2. The van der Waals surface area contributed by atoms with Crippen molar-refractivity contribution >= 4 is 5.69 Å². The molecule has 2 N–H and O–H groups in total. The second-order valence-electron chi connectivity index (χ2n) is 2.70. The quantitative estimate of drug-likeness (QED) is 0.676. The molecule has 0 aromatic heterocycles. The van der Waals surface area contributed by atoms with Crippen LogP contribution in [0.15, 0.2) is 24.3 Å². The van der Waals surface area contributed by atoms with Crippen LogP contribution < -0.4 is 10.1 Å². The normalized spacial score (nSPS) is 9.69. The van der Waals surface area contributed by atoms with E-state index in [1.165, 1.54) is 0 Å². The number of aliphatic hydroxyl groups excluding tert-OH is 1. The molecule has 1 aromatic rings. The molecule has 0 aliphatic carbocycles. The summed E-state index contributed by atoms with van der Waals surface area (Å²) in [6, 6.07) is 7.72. The zero-order valence-corrected chi connectivity index (χ0v) is 7.79. The summed E-state index contributed by atoms with van der Waals surface area (Å²) in [6.07, 6.45) is 0.674. The molecule has 0 fully saturated rings. The Bertz CT molecular complexity index is 233. The summed E-state index contributed by atoms with van der Waals surface area (Å²) < 4.78 is 5.36. The van der Waals surface area contributed by atoms with Gasteiger partial charge in [-0.25, -0.2) is 0 Å². The highest BCUT2D eigenvalue weighted by molar-refractivity contribution is 5.45. The standard InChI is InChI=1S/C10H15NO2/c1-11-9-3-5-10(6-4-9)13-8-2-7-12/h3-6,11-12H,2,7-8H2,1H3. The fourth-order valence-electron chi connectivity index (χ4n) is 0.972. The first-order chi connectivity index (χ1) is 6.36. The number of anilines is 1. The first kappa shape index (κ1) is 9.86. The molecule has 13 heavy (non-hydrogen) atoms. The van der Waals surface area contributed by atoms with E-state index in [0.29, 0.717) is 13.0 Å². The molecule has 0 aliphatic rings. The number of aliphatic hydroxyl groups is 1. The fraction of sp³-hybridized carbons (Fsp3) is 0.400. The Morgan fingerprint density at radius 3 is 2.54 bits per heavy atom. The van der Waals surface area contributed by atoms with Gasteiger partial charge in [0, 0.05) is 25.8 Å². The summed E-state index contributed by atoms with van der Waals surface area (Å²) in [5.41, 5.74) is 1.06. The first-order valence-electron chi connectivity index (χ1n) is 4.38. The molecule has 3 nitrogen and oxygen atoms in total. The molecule has 1 aromatic carbocycles. The van der Waals surface area contributed by atoms with Crippen LogP contribution in [0.4, 0.5) is 5.69 Å². The van der Waals surface area contributed by atoms with Gasteiger partial charge in [-0.05, 0) is 24.3 Å². The van der Waals surface area contributed by atoms with Crippen LogP contribution in [-0.2, 0) is 0 Å². The van der Waals surface area contributed by atoms with E-state index in [2.05, 4.69) is 5.32 Å². The first-order valence-corrected chi connectivity index (χ1v) is 4.38. The number of rotatable bonds is 5. The molecule has 0 saturated carbocycles. The minimum atomic E-state index is 0.175. The summed E-state index contributed by atoms with van der Waals surface area (Å²) in [7, 11) is 1.88. The number of hydrogen-bond acceptors (Lipinski definition) is 3. The SMILES string of the molecule is CNc1ccc(OCCCO)cc1. The Hall–Kier alpha value is -1.22. The minimum absolute atomic E-state index is 0.175. The molecule has 72 valence electrons. The molecular weight excluding hydrogens is 166 g/mol. The Balaban J connectivity index is 2.40. The van der Waals surface area contributed by atoms with Gasteiger partial charge >= 0.3 is 0 Å². The predicted octanol–water partition coefficient (Wildman–Crippen LogP) is 1.49. The van der Waals surface area contributed by atoms with Crippen molar-refractivity contribution in [3.63, 3.8) is 0 Å². The lowest BCUT2D eigenvalue weighted by Gasteiger charge is -2.05. The molecule has 0 radical (unpaired) electrons. The lowest BCUT2D eigenvalue weighted by atomic mass is 10.3. The van der Waals surface area contributed by atoms with Gasteiger partial charge in [0.25, 0.3) is 0 Å².